The van der Waals surface area contributed by atoms with Crippen LogP contribution < -0.4 is 53.5 Å². The van der Waals surface area contributed by atoms with Gasteiger partial charge in [-0.2, -0.15) is 0 Å². The van der Waals surface area contributed by atoms with Gasteiger partial charge in [-0.25, -0.2) is 0 Å². The van der Waals surface area contributed by atoms with Crippen molar-refractivity contribution in [1.29, 1.82) is 0 Å². The fourth-order valence-corrected chi connectivity index (χ4v) is 27.8. The second-order valence-electron chi connectivity index (χ2n) is 23.3. The SMILES string of the molecule is NC(=O)C(COC(=O)CCCCC[PH](c1ccccc1)(c1ccccc1)c1ccccc1)(COC(=O)CCCCC[PH](c1ccccc1)(c1ccccc1)c1ccccc1)COC(=O)CCCCC[PH](c1ccccc1)(c1ccccc1)c1ccccc1. The first kappa shape index (κ1) is 64.6. The van der Waals surface area contributed by atoms with Gasteiger partial charge in [-0.1, -0.05) is 0 Å². The number of hydrogen-bond donors (Lipinski definition) is 1. The summed E-state index contributed by atoms with van der Waals surface area (Å²) >= 11 is 0. The third-order valence-electron chi connectivity index (χ3n) is 17.7. The van der Waals surface area contributed by atoms with E-state index in [0.29, 0.717) is 19.3 Å². The van der Waals surface area contributed by atoms with Gasteiger partial charge in [0, 0.05) is 0 Å². The van der Waals surface area contributed by atoms with E-state index in [1.54, 1.807) is 0 Å². The van der Waals surface area contributed by atoms with Crippen molar-refractivity contribution in [2.24, 2.45) is 11.1 Å². The first-order chi connectivity index (χ1) is 43.2. The number of esters is 3. The molecule has 0 fully saturated rings. The molecular weight excluding hydrogens is 1140 g/mol. The van der Waals surface area contributed by atoms with E-state index in [1.165, 1.54) is 47.7 Å². The number of benzene rings is 9. The molecule has 0 aliphatic carbocycles. The van der Waals surface area contributed by atoms with Crippen LogP contribution in [0.1, 0.15) is 77.0 Å². The summed E-state index contributed by atoms with van der Waals surface area (Å²) in [5.41, 5.74) is 4.39. The number of rotatable bonds is 34. The number of unbranched alkanes of at least 4 members (excludes halogenated alkanes) is 6. The molecule has 88 heavy (non-hydrogen) atoms. The van der Waals surface area contributed by atoms with Crippen LogP contribution in [0.5, 0.6) is 0 Å². The normalized spacial score (nSPS) is 12.9. The Balaban J connectivity index is 0.838. The van der Waals surface area contributed by atoms with Gasteiger partial charge >= 0.3 is 526 Å². The molecule has 0 unspecified atom stereocenters. The summed E-state index contributed by atoms with van der Waals surface area (Å²) in [6.45, 7) is -1.53. The molecular formula is C77H86NO7P3. The van der Waals surface area contributed by atoms with Crippen LogP contribution in [0.15, 0.2) is 273 Å². The number of ether oxygens (including phenoxy) is 3. The molecule has 0 heterocycles. The molecule has 11 heteroatoms. The Kier molecular flexibility index (Phi) is 24.2. The Morgan fingerprint density at radius 3 is 0.591 bits per heavy atom. The molecule has 0 bridgehead atoms. The van der Waals surface area contributed by atoms with Gasteiger partial charge < -0.3 is 0 Å². The summed E-state index contributed by atoms with van der Waals surface area (Å²) in [7, 11) is -7.37. The average molecular weight is 1230 g/mol. The Morgan fingerprint density at radius 1 is 0.261 bits per heavy atom. The minimum atomic E-state index is -2.46. The van der Waals surface area contributed by atoms with E-state index in [9.17, 15) is 19.2 Å². The number of primary amides is 1. The van der Waals surface area contributed by atoms with Crippen molar-refractivity contribution in [3.8, 4) is 0 Å². The van der Waals surface area contributed by atoms with Crippen molar-refractivity contribution in [2.45, 2.75) is 77.0 Å². The zero-order valence-electron chi connectivity index (χ0n) is 50.6. The molecule has 2 N–H and O–H groups in total. The van der Waals surface area contributed by atoms with E-state index in [2.05, 4.69) is 273 Å². The maximum absolute atomic E-state index is 13.8. The fourth-order valence-electron chi connectivity index (χ4n) is 13.0. The van der Waals surface area contributed by atoms with Gasteiger partial charge in [-0.3, -0.25) is 0 Å². The summed E-state index contributed by atoms with van der Waals surface area (Å²) in [6, 6.07) is 97.1. The quantitative estimate of drug-likeness (QED) is 0.0184. The van der Waals surface area contributed by atoms with Crippen LogP contribution in [0, 0.1) is 5.41 Å². The van der Waals surface area contributed by atoms with Crippen LogP contribution in [-0.4, -0.2) is 62.1 Å². The summed E-state index contributed by atoms with van der Waals surface area (Å²) < 4.78 is 17.7. The van der Waals surface area contributed by atoms with Crippen LogP contribution in [0.2, 0.25) is 0 Å². The van der Waals surface area contributed by atoms with Crippen molar-refractivity contribution in [1.82, 2.24) is 0 Å². The minimum absolute atomic E-state index is 0.108. The van der Waals surface area contributed by atoms with Crippen molar-refractivity contribution < 1.29 is 33.4 Å². The topological polar surface area (TPSA) is 122 Å². The van der Waals surface area contributed by atoms with Gasteiger partial charge in [-0.05, 0) is 0 Å². The average Bonchev–Trinajstić information content (AvgIpc) is 2.31. The zero-order valence-corrected chi connectivity index (χ0v) is 53.6. The predicted octanol–water partition coefficient (Wildman–Crippen LogP) is 11.9. The van der Waals surface area contributed by atoms with Gasteiger partial charge in [0.25, 0.3) is 0 Å². The number of carbonyl (C=O) groups is 4. The molecule has 8 nitrogen and oxygen atoms in total. The van der Waals surface area contributed by atoms with Gasteiger partial charge in [0.1, 0.15) is 0 Å². The van der Waals surface area contributed by atoms with Crippen molar-refractivity contribution in [3.63, 3.8) is 0 Å². The third-order valence-corrected chi connectivity index (χ3v) is 32.9. The molecule has 0 spiro atoms. The van der Waals surface area contributed by atoms with E-state index in [1.807, 2.05) is 0 Å². The van der Waals surface area contributed by atoms with Crippen molar-refractivity contribution in [3.05, 3.63) is 273 Å². The molecule has 0 radical (unpaired) electrons. The van der Waals surface area contributed by atoms with E-state index < -0.39 is 70.8 Å². The van der Waals surface area contributed by atoms with E-state index in [0.717, 1.165) is 57.0 Å². The van der Waals surface area contributed by atoms with Crippen molar-refractivity contribution >= 4 is 93.3 Å². The van der Waals surface area contributed by atoms with E-state index in [-0.39, 0.29) is 19.3 Å². The standard InChI is InChI=1S/C77H86NO7P3/c78-76(82)77(61-83-73(79)55-31-10-34-58-86(64-37-13-1-14-38-64,65-39-15-2-16-40-65)66-41-17-3-18-42-66,62-84-74(80)56-32-11-35-59-87(67-43-19-4-20-44-67,68-45-21-5-22-46-68)69-47-23-6-24-48-69)63-85-75(81)57-33-12-36-60-88(70-49-25-7-26-50-70,71-51-27-8-28-52-71)72-53-29-9-30-54-72/h1-9,13-30,37-54,86-88H,10-12,31-36,55-63H2,(H2,78,82). The maximum atomic E-state index is 13.8. The first-order valence-electron chi connectivity index (χ1n) is 31.5. The molecule has 0 atom stereocenters. The fraction of sp³-hybridized carbons (Fsp3) is 0.247. The molecule has 9 aromatic rings. The number of amides is 1. The summed E-state index contributed by atoms with van der Waals surface area (Å²) in [5.74, 6) is -2.42. The van der Waals surface area contributed by atoms with Crippen LogP contribution in [0.3, 0.4) is 0 Å². The molecule has 0 aliphatic heterocycles. The van der Waals surface area contributed by atoms with E-state index in [4.69, 9.17) is 19.9 Å². The van der Waals surface area contributed by atoms with Crippen molar-refractivity contribution in [2.75, 3.05) is 38.3 Å². The number of nitrogens with two attached hydrogens (primary N) is 1. The predicted molar refractivity (Wildman–Crippen MR) is 374 cm³/mol. The second kappa shape index (κ2) is 32.9. The number of hydrogen-bond acceptors (Lipinski definition) is 7. The first-order valence-corrected chi connectivity index (χ1v) is 38.1. The van der Waals surface area contributed by atoms with E-state index >= 15 is 0 Å². The molecule has 0 saturated heterocycles. The Labute approximate surface area is 523 Å². The zero-order chi connectivity index (χ0) is 61.2. The van der Waals surface area contributed by atoms with Gasteiger partial charge in [-0.15, -0.1) is 0 Å². The molecule has 9 rings (SSSR count). The molecule has 0 saturated carbocycles. The van der Waals surface area contributed by atoms with Gasteiger partial charge in [0.15, 0.2) is 0 Å². The van der Waals surface area contributed by atoms with Gasteiger partial charge in [0.2, 0.25) is 0 Å². The molecule has 9 aromatic carbocycles. The van der Waals surface area contributed by atoms with Crippen LogP contribution >= 0.6 is 21.8 Å². The van der Waals surface area contributed by atoms with Crippen LogP contribution in [0.4, 0.5) is 0 Å². The Bertz CT molecular complexity index is 2880. The monoisotopic (exact) mass is 1230 g/mol. The summed E-state index contributed by atoms with van der Waals surface area (Å²) in [4.78, 5) is 54.9. The number of carbonyl (C=O) groups excluding carboxylic acids is 4. The summed E-state index contributed by atoms with van der Waals surface area (Å²) in [6.07, 6.45) is 9.78. The summed E-state index contributed by atoms with van der Waals surface area (Å²) in [5, 5.41) is 12.0. The molecule has 1 amide bonds. The third kappa shape index (κ3) is 16.3. The molecule has 0 aliphatic rings. The molecule has 0 aromatic heterocycles. The Morgan fingerprint density at radius 2 is 0.432 bits per heavy atom. The van der Waals surface area contributed by atoms with Crippen LogP contribution in [-0.2, 0) is 33.4 Å². The van der Waals surface area contributed by atoms with Crippen LogP contribution in [0.25, 0.3) is 0 Å². The Hall–Kier alpha value is -7.85. The second-order valence-corrected chi connectivity index (χ2v) is 35.4. The van der Waals surface area contributed by atoms with Gasteiger partial charge in [0.05, 0.1) is 0 Å². The molecule has 456 valence electrons.